The van der Waals surface area contributed by atoms with Crippen molar-refractivity contribution >= 4 is 35.1 Å². The van der Waals surface area contributed by atoms with Crippen LogP contribution in [0.1, 0.15) is 6.92 Å². The lowest BCUT2D eigenvalue weighted by Crippen LogP contribution is -2.46. The first-order chi connectivity index (χ1) is 9.90. The zero-order valence-corrected chi connectivity index (χ0v) is 11.9. The molecule has 0 aromatic heterocycles. The Kier molecular flexibility index (Phi) is 4.32. The topological polar surface area (TPSA) is 113 Å². The van der Waals surface area contributed by atoms with Gasteiger partial charge in [0.1, 0.15) is 6.04 Å². The van der Waals surface area contributed by atoms with E-state index in [4.69, 9.17) is 5.11 Å². The number of benzene rings is 1. The second kappa shape index (κ2) is 6.00. The number of carbonyl (C=O) groups excluding carboxylic acids is 1. The zero-order chi connectivity index (χ0) is 15.6. The SMILES string of the molecule is CC1SCC(C(=O)O)N1C(=O)Nc1cccc([N+](=O)[O-])c1. The van der Waals surface area contributed by atoms with Crippen molar-refractivity contribution in [3.63, 3.8) is 0 Å². The number of amides is 2. The molecule has 1 saturated heterocycles. The number of carboxylic acid groups (broad SMARTS) is 1. The molecular weight excluding hydrogens is 298 g/mol. The first kappa shape index (κ1) is 15.1. The average Bonchev–Trinajstić information content (AvgIpc) is 2.81. The van der Waals surface area contributed by atoms with Crippen molar-refractivity contribution in [2.75, 3.05) is 11.1 Å². The lowest BCUT2D eigenvalue weighted by atomic mass is 10.2. The third-order valence-corrected chi connectivity index (χ3v) is 4.27. The van der Waals surface area contributed by atoms with E-state index < -0.39 is 23.0 Å². The van der Waals surface area contributed by atoms with Gasteiger partial charge in [-0.3, -0.25) is 15.0 Å². The summed E-state index contributed by atoms with van der Waals surface area (Å²) >= 11 is 1.36. The fourth-order valence-corrected chi connectivity index (χ4v) is 3.19. The summed E-state index contributed by atoms with van der Waals surface area (Å²) in [4.78, 5) is 34.7. The van der Waals surface area contributed by atoms with Gasteiger partial charge < -0.3 is 10.4 Å². The molecular formula is C12H13N3O5S. The molecule has 1 heterocycles. The van der Waals surface area contributed by atoms with Gasteiger partial charge in [-0.15, -0.1) is 11.8 Å². The molecule has 2 amide bonds. The third kappa shape index (κ3) is 3.24. The number of nitro groups is 1. The van der Waals surface area contributed by atoms with Gasteiger partial charge >= 0.3 is 12.0 Å². The molecule has 0 bridgehead atoms. The highest BCUT2D eigenvalue weighted by Gasteiger charge is 2.39. The summed E-state index contributed by atoms with van der Waals surface area (Å²) in [5, 5.41) is 22.0. The minimum absolute atomic E-state index is 0.147. The van der Waals surface area contributed by atoms with Gasteiger partial charge in [-0.25, -0.2) is 9.59 Å². The molecule has 1 aliphatic rings. The largest absolute Gasteiger partial charge is 0.480 e. The minimum Gasteiger partial charge on any atom is -0.480 e. The van der Waals surface area contributed by atoms with Crippen molar-refractivity contribution in [1.29, 1.82) is 0 Å². The van der Waals surface area contributed by atoms with Crippen LogP contribution in [-0.2, 0) is 4.79 Å². The molecule has 0 radical (unpaired) electrons. The molecule has 112 valence electrons. The van der Waals surface area contributed by atoms with Gasteiger partial charge in [0.2, 0.25) is 0 Å². The highest BCUT2D eigenvalue weighted by Crippen LogP contribution is 2.29. The number of anilines is 1. The van der Waals surface area contributed by atoms with Gasteiger partial charge in [0.05, 0.1) is 10.3 Å². The predicted molar refractivity (Wildman–Crippen MR) is 77.3 cm³/mol. The number of non-ortho nitro benzene ring substituents is 1. The first-order valence-electron chi connectivity index (χ1n) is 6.08. The van der Waals surface area contributed by atoms with Gasteiger partial charge in [-0.1, -0.05) is 6.07 Å². The smallest absolute Gasteiger partial charge is 0.327 e. The molecule has 1 aliphatic heterocycles. The van der Waals surface area contributed by atoms with Crippen molar-refractivity contribution in [2.24, 2.45) is 0 Å². The van der Waals surface area contributed by atoms with Crippen molar-refractivity contribution in [2.45, 2.75) is 18.3 Å². The summed E-state index contributed by atoms with van der Waals surface area (Å²) < 4.78 is 0. The maximum absolute atomic E-state index is 12.2. The van der Waals surface area contributed by atoms with E-state index in [9.17, 15) is 19.7 Å². The molecule has 0 spiro atoms. The highest BCUT2D eigenvalue weighted by atomic mass is 32.2. The van der Waals surface area contributed by atoms with Crippen LogP contribution in [0.15, 0.2) is 24.3 Å². The van der Waals surface area contributed by atoms with Crippen molar-refractivity contribution in [1.82, 2.24) is 4.90 Å². The lowest BCUT2D eigenvalue weighted by Gasteiger charge is -2.25. The number of nitrogens with one attached hydrogen (secondary N) is 1. The summed E-state index contributed by atoms with van der Waals surface area (Å²) in [5.74, 6) is -0.750. The fraction of sp³-hybridized carbons (Fsp3) is 0.333. The standard InChI is InChI=1S/C12H13N3O5S/c1-7-14(10(6-21-7)11(16)17)12(18)13-8-3-2-4-9(5-8)15(19)20/h2-5,7,10H,6H2,1H3,(H,13,18)(H,16,17). The van der Waals surface area contributed by atoms with E-state index in [0.717, 1.165) is 0 Å². The van der Waals surface area contributed by atoms with E-state index in [1.165, 1.54) is 40.9 Å². The molecule has 2 atom stereocenters. The van der Waals surface area contributed by atoms with Crippen molar-refractivity contribution in [3.8, 4) is 0 Å². The van der Waals surface area contributed by atoms with Crippen LogP contribution in [0, 0.1) is 10.1 Å². The maximum atomic E-state index is 12.2. The molecule has 9 heteroatoms. The number of urea groups is 1. The van der Waals surface area contributed by atoms with E-state index in [2.05, 4.69) is 5.32 Å². The van der Waals surface area contributed by atoms with E-state index >= 15 is 0 Å². The Balaban J connectivity index is 2.15. The number of nitro benzene ring substituents is 1. The Morgan fingerprint density at radius 2 is 2.24 bits per heavy atom. The molecule has 1 aromatic rings. The molecule has 0 aliphatic carbocycles. The average molecular weight is 311 g/mol. The molecule has 1 fully saturated rings. The number of carboxylic acids is 1. The summed E-state index contributed by atoms with van der Waals surface area (Å²) in [6.07, 6.45) is 0. The first-order valence-corrected chi connectivity index (χ1v) is 7.13. The van der Waals surface area contributed by atoms with Crippen LogP contribution in [0.4, 0.5) is 16.2 Å². The Hall–Kier alpha value is -2.29. The summed E-state index contributed by atoms with van der Waals surface area (Å²) in [6.45, 7) is 1.74. The van der Waals surface area contributed by atoms with Crippen molar-refractivity contribution in [3.05, 3.63) is 34.4 Å². The Labute approximate surface area is 124 Å². The van der Waals surface area contributed by atoms with Gasteiger partial charge in [-0.2, -0.15) is 0 Å². The Morgan fingerprint density at radius 1 is 1.52 bits per heavy atom. The number of hydrogen-bond acceptors (Lipinski definition) is 5. The normalized spacial score (nSPS) is 21.1. The van der Waals surface area contributed by atoms with E-state index in [-0.39, 0.29) is 16.7 Å². The number of rotatable bonds is 3. The molecule has 0 saturated carbocycles. The predicted octanol–water partition coefficient (Wildman–Crippen LogP) is 1.97. The molecule has 2 rings (SSSR count). The van der Waals surface area contributed by atoms with Gasteiger partial charge in [0.25, 0.3) is 5.69 Å². The van der Waals surface area contributed by atoms with Crippen LogP contribution in [0.5, 0.6) is 0 Å². The van der Waals surface area contributed by atoms with Crippen LogP contribution in [-0.4, -0.2) is 44.1 Å². The van der Waals surface area contributed by atoms with E-state index in [0.29, 0.717) is 5.75 Å². The van der Waals surface area contributed by atoms with Crippen LogP contribution in [0.25, 0.3) is 0 Å². The zero-order valence-electron chi connectivity index (χ0n) is 11.1. The second-order valence-corrected chi connectivity index (χ2v) is 5.78. The quantitative estimate of drug-likeness (QED) is 0.652. The Bertz CT molecular complexity index is 594. The number of carbonyl (C=O) groups is 2. The molecule has 8 nitrogen and oxygen atoms in total. The number of nitrogens with zero attached hydrogens (tertiary/aromatic N) is 2. The van der Waals surface area contributed by atoms with E-state index in [1.54, 1.807) is 6.92 Å². The molecule has 2 N–H and O–H groups in total. The third-order valence-electron chi connectivity index (χ3n) is 3.05. The summed E-state index contributed by atoms with van der Waals surface area (Å²) in [6, 6.07) is 4.01. The van der Waals surface area contributed by atoms with Crippen LogP contribution < -0.4 is 5.32 Å². The highest BCUT2D eigenvalue weighted by molar-refractivity contribution is 8.00. The molecule has 2 unspecified atom stereocenters. The second-order valence-electron chi connectivity index (χ2n) is 4.43. The van der Waals surface area contributed by atoms with Crippen LogP contribution >= 0.6 is 11.8 Å². The molecule has 1 aromatic carbocycles. The van der Waals surface area contributed by atoms with Gasteiger partial charge in [0.15, 0.2) is 0 Å². The minimum atomic E-state index is -1.07. The number of thioether (sulfide) groups is 1. The summed E-state index contributed by atoms with van der Waals surface area (Å²) in [5.41, 5.74) is 0.105. The van der Waals surface area contributed by atoms with E-state index in [1.807, 2.05) is 0 Å². The molecule has 21 heavy (non-hydrogen) atoms. The number of hydrogen-bond donors (Lipinski definition) is 2. The Morgan fingerprint density at radius 3 is 2.86 bits per heavy atom. The monoisotopic (exact) mass is 311 g/mol. The number of aliphatic carboxylic acids is 1. The maximum Gasteiger partial charge on any atom is 0.327 e. The fourth-order valence-electron chi connectivity index (χ4n) is 2.03. The lowest BCUT2D eigenvalue weighted by molar-refractivity contribution is -0.384. The van der Waals surface area contributed by atoms with Crippen molar-refractivity contribution < 1.29 is 19.6 Å². The van der Waals surface area contributed by atoms with Gasteiger partial charge in [-0.05, 0) is 13.0 Å². The van der Waals surface area contributed by atoms with Crippen LogP contribution in [0.3, 0.4) is 0 Å². The summed E-state index contributed by atoms with van der Waals surface area (Å²) in [7, 11) is 0. The van der Waals surface area contributed by atoms with Gasteiger partial charge in [0, 0.05) is 23.6 Å². The van der Waals surface area contributed by atoms with Crippen LogP contribution in [0.2, 0.25) is 0 Å².